The molecule has 1 fully saturated rings. The molecule has 1 aromatic heterocycles. The number of nitrogens with zero attached hydrogens (tertiary/aromatic N) is 2. The minimum absolute atomic E-state index is 0.302. The first-order valence-electron chi connectivity index (χ1n) is 10.8. The first kappa shape index (κ1) is 23.4. The van der Waals surface area contributed by atoms with Crippen molar-refractivity contribution in [2.75, 3.05) is 38.6 Å². The van der Waals surface area contributed by atoms with Crippen LogP contribution in [0, 0.1) is 11.7 Å². The fourth-order valence-electron chi connectivity index (χ4n) is 4.33. The van der Waals surface area contributed by atoms with Gasteiger partial charge in [0.2, 0.25) is 0 Å². The van der Waals surface area contributed by atoms with Gasteiger partial charge < -0.3 is 15.0 Å². The number of nitrogens with one attached hydrogen (secondary N) is 1. The molecular formula is C23H27ClFN3O2S2. The highest BCUT2D eigenvalue weighted by molar-refractivity contribution is 7.80. The maximum Gasteiger partial charge on any atom is 0.341 e. The van der Waals surface area contributed by atoms with Crippen molar-refractivity contribution in [3.05, 3.63) is 50.6 Å². The lowest BCUT2D eigenvalue weighted by Gasteiger charge is -2.36. The van der Waals surface area contributed by atoms with Crippen LogP contribution in [-0.2, 0) is 24.1 Å². The molecule has 1 unspecified atom stereocenters. The number of benzene rings is 1. The lowest BCUT2D eigenvalue weighted by atomic mass is 9.88. The van der Waals surface area contributed by atoms with E-state index in [-0.39, 0.29) is 11.8 Å². The van der Waals surface area contributed by atoms with Crippen LogP contribution in [0.2, 0.25) is 5.02 Å². The van der Waals surface area contributed by atoms with Crippen LogP contribution in [0.3, 0.4) is 0 Å². The molecule has 172 valence electrons. The third kappa shape index (κ3) is 5.09. The summed E-state index contributed by atoms with van der Waals surface area (Å²) in [6, 6.07) is 4.53. The number of hydrogen-bond donors (Lipinski definition) is 1. The van der Waals surface area contributed by atoms with E-state index in [4.69, 9.17) is 28.6 Å². The molecule has 1 aliphatic heterocycles. The molecule has 2 aromatic rings. The van der Waals surface area contributed by atoms with Gasteiger partial charge in [-0.05, 0) is 60.7 Å². The monoisotopic (exact) mass is 495 g/mol. The van der Waals surface area contributed by atoms with Crippen molar-refractivity contribution < 1.29 is 13.9 Å². The Morgan fingerprint density at radius 3 is 2.78 bits per heavy atom. The van der Waals surface area contributed by atoms with E-state index in [1.165, 1.54) is 24.1 Å². The zero-order chi connectivity index (χ0) is 22.8. The quantitative estimate of drug-likeness (QED) is 0.477. The van der Waals surface area contributed by atoms with E-state index in [9.17, 15) is 9.18 Å². The van der Waals surface area contributed by atoms with E-state index < -0.39 is 0 Å². The minimum Gasteiger partial charge on any atom is -0.465 e. The van der Waals surface area contributed by atoms with E-state index in [2.05, 4.69) is 22.0 Å². The SMILES string of the molecule is COC(=O)c1c(NC(=S)N2CCN(Cc3ccc(F)cc3Cl)CC2)sc2c1CCC(C)C2. The fraction of sp³-hybridized carbons (Fsp3) is 0.478. The maximum absolute atomic E-state index is 13.3. The largest absolute Gasteiger partial charge is 0.465 e. The normalized spacial score (nSPS) is 18.9. The van der Waals surface area contributed by atoms with Crippen LogP contribution in [0.25, 0.3) is 0 Å². The van der Waals surface area contributed by atoms with Crippen molar-refractivity contribution in [1.82, 2.24) is 9.80 Å². The number of rotatable bonds is 4. The number of thiocarbonyl (C=S) groups is 1. The number of anilines is 1. The van der Waals surface area contributed by atoms with Gasteiger partial charge >= 0.3 is 5.97 Å². The second kappa shape index (κ2) is 10.0. The van der Waals surface area contributed by atoms with Crippen LogP contribution in [0.5, 0.6) is 0 Å². The van der Waals surface area contributed by atoms with Gasteiger partial charge in [0.25, 0.3) is 0 Å². The van der Waals surface area contributed by atoms with E-state index in [0.717, 1.165) is 61.6 Å². The number of ether oxygens (including phenoxy) is 1. The summed E-state index contributed by atoms with van der Waals surface area (Å²) in [5.41, 5.74) is 2.68. The molecule has 9 heteroatoms. The molecule has 0 bridgehead atoms. The third-order valence-corrected chi connectivity index (χ3v) is 8.07. The Hall–Kier alpha value is -1.74. The molecule has 0 radical (unpaired) electrons. The van der Waals surface area contributed by atoms with E-state index in [1.54, 1.807) is 17.4 Å². The molecule has 0 amide bonds. The molecule has 1 saturated heterocycles. The third-order valence-electron chi connectivity index (χ3n) is 6.19. The highest BCUT2D eigenvalue weighted by Crippen LogP contribution is 2.40. The van der Waals surface area contributed by atoms with E-state index in [0.29, 0.717) is 28.2 Å². The average Bonchev–Trinajstić information content (AvgIpc) is 3.12. The number of esters is 1. The Labute approximate surface area is 202 Å². The standard InChI is InChI=1S/C23H27ClFN3O2S2/c1-14-3-6-17-19(11-14)32-21(20(17)22(29)30-2)26-23(31)28-9-7-27(8-10-28)13-15-4-5-16(25)12-18(15)24/h4-5,12,14H,3,6-11,13H2,1-2H3,(H,26,31). The van der Waals surface area contributed by atoms with Gasteiger partial charge in [-0.3, -0.25) is 4.90 Å². The Kier molecular flexibility index (Phi) is 7.34. The van der Waals surface area contributed by atoms with Crippen LogP contribution in [-0.4, -0.2) is 54.2 Å². The number of thiophene rings is 1. The summed E-state index contributed by atoms with van der Waals surface area (Å²) in [6.07, 6.45) is 2.97. The number of piperazine rings is 1. The van der Waals surface area contributed by atoms with Crippen molar-refractivity contribution in [3.63, 3.8) is 0 Å². The van der Waals surface area contributed by atoms with Gasteiger partial charge in [0.05, 0.1) is 12.7 Å². The number of hydrogen-bond acceptors (Lipinski definition) is 5. The minimum atomic E-state index is -0.323. The summed E-state index contributed by atoms with van der Waals surface area (Å²) in [5.74, 6) is -0.00600. The maximum atomic E-state index is 13.3. The summed E-state index contributed by atoms with van der Waals surface area (Å²) in [6.45, 7) is 6.09. The number of carbonyl (C=O) groups is 1. The number of fused-ring (bicyclic) bond motifs is 1. The van der Waals surface area contributed by atoms with Gasteiger partial charge in [0, 0.05) is 42.6 Å². The lowest BCUT2D eigenvalue weighted by Crippen LogP contribution is -2.49. The summed E-state index contributed by atoms with van der Waals surface area (Å²) < 4.78 is 18.4. The molecule has 0 saturated carbocycles. The van der Waals surface area contributed by atoms with Crippen molar-refractivity contribution >= 4 is 51.2 Å². The second-order valence-corrected chi connectivity index (χ2v) is 10.4. The van der Waals surface area contributed by atoms with Gasteiger partial charge in [0.1, 0.15) is 10.8 Å². The topological polar surface area (TPSA) is 44.8 Å². The zero-order valence-electron chi connectivity index (χ0n) is 18.2. The smallest absolute Gasteiger partial charge is 0.341 e. The summed E-state index contributed by atoms with van der Waals surface area (Å²) in [4.78, 5) is 18.2. The highest BCUT2D eigenvalue weighted by atomic mass is 35.5. The average molecular weight is 496 g/mol. The molecule has 1 aromatic carbocycles. The summed E-state index contributed by atoms with van der Waals surface area (Å²) in [7, 11) is 1.42. The summed E-state index contributed by atoms with van der Waals surface area (Å²) in [5, 5.41) is 5.21. The van der Waals surface area contributed by atoms with Gasteiger partial charge in [-0.15, -0.1) is 11.3 Å². The Balaban J connectivity index is 1.39. The number of halogens is 2. The predicted molar refractivity (Wildman–Crippen MR) is 131 cm³/mol. The van der Waals surface area contributed by atoms with Gasteiger partial charge in [0.15, 0.2) is 5.11 Å². The highest BCUT2D eigenvalue weighted by Gasteiger charge is 2.29. The van der Waals surface area contributed by atoms with Gasteiger partial charge in [-0.1, -0.05) is 24.6 Å². The summed E-state index contributed by atoms with van der Waals surface area (Å²) >= 11 is 13.5. The Morgan fingerprint density at radius 2 is 2.09 bits per heavy atom. The first-order chi connectivity index (χ1) is 15.4. The van der Waals surface area contributed by atoms with Crippen molar-refractivity contribution in [2.45, 2.75) is 32.7 Å². The van der Waals surface area contributed by atoms with Crippen molar-refractivity contribution in [1.29, 1.82) is 0 Å². The number of carbonyl (C=O) groups excluding carboxylic acids is 1. The molecule has 4 rings (SSSR count). The van der Waals surface area contributed by atoms with Crippen LogP contribution in [0.15, 0.2) is 18.2 Å². The molecule has 0 spiro atoms. The molecule has 32 heavy (non-hydrogen) atoms. The van der Waals surface area contributed by atoms with E-state index in [1.807, 2.05) is 0 Å². The predicted octanol–water partition coefficient (Wildman–Crippen LogP) is 4.97. The van der Waals surface area contributed by atoms with E-state index >= 15 is 0 Å². The number of methoxy groups -OCH3 is 1. The molecule has 2 aliphatic rings. The molecule has 5 nitrogen and oxygen atoms in total. The molecule has 1 aliphatic carbocycles. The second-order valence-electron chi connectivity index (χ2n) is 8.48. The molecule has 1 atom stereocenters. The van der Waals surface area contributed by atoms with Crippen LogP contribution < -0.4 is 5.32 Å². The van der Waals surface area contributed by atoms with Gasteiger partial charge in [-0.2, -0.15) is 0 Å². The fourth-order valence-corrected chi connectivity index (χ4v) is 6.31. The van der Waals surface area contributed by atoms with Crippen LogP contribution >= 0.6 is 35.2 Å². The molecule has 1 N–H and O–H groups in total. The molecule has 2 heterocycles. The van der Waals surface area contributed by atoms with Crippen LogP contribution in [0.1, 0.15) is 39.7 Å². The Morgan fingerprint density at radius 1 is 1.34 bits per heavy atom. The first-order valence-corrected chi connectivity index (χ1v) is 12.4. The van der Waals surface area contributed by atoms with Crippen LogP contribution in [0.4, 0.5) is 9.39 Å². The van der Waals surface area contributed by atoms with Crippen molar-refractivity contribution in [2.24, 2.45) is 5.92 Å². The lowest BCUT2D eigenvalue weighted by molar-refractivity contribution is 0.0601. The molecular weight excluding hydrogens is 469 g/mol. The Bertz CT molecular complexity index is 1020. The zero-order valence-corrected chi connectivity index (χ0v) is 20.6. The van der Waals surface area contributed by atoms with Crippen molar-refractivity contribution in [3.8, 4) is 0 Å². The van der Waals surface area contributed by atoms with Gasteiger partial charge in [-0.25, -0.2) is 9.18 Å².